The van der Waals surface area contributed by atoms with E-state index in [9.17, 15) is 4.79 Å². The van der Waals surface area contributed by atoms with Gasteiger partial charge >= 0.3 is 5.97 Å². The van der Waals surface area contributed by atoms with E-state index in [4.69, 9.17) is 4.74 Å². The molecular weight excluding hydrogens is 274 g/mol. The third kappa shape index (κ3) is 2.51. The molecule has 0 atom stereocenters. The van der Waals surface area contributed by atoms with Crippen LogP contribution in [0, 0.1) is 0 Å². The second-order valence-corrected chi connectivity index (χ2v) is 5.65. The van der Waals surface area contributed by atoms with E-state index in [0.29, 0.717) is 18.1 Å². The lowest BCUT2D eigenvalue weighted by atomic mass is 10.2. The SMILES string of the molecule is CCOC(=O)c1cnc(NC2(c3cccs3)CC2)nc1. The topological polar surface area (TPSA) is 64.1 Å². The number of ether oxygens (including phenoxy) is 1. The van der Waals surface area contributed by atoms with Crippen LogP contribution in [0.15, 0.2) is 29.9 Å². The molecule has 0 aliphatic heterocycles. The monoisotopic (exact) mass is 289 g/mol. The molecule has 0 saturated heterocycles. The van der Waals surface area contributed by atoms with Gasteiger partial charge in [0.1, 0.15) is 0 Å². The van der Waals surface area contributed by atoms with Crippen molar-refractivity contribution in [3.8, 4) is 0 Å². The van der Waals surface area contributed by atoms with Crippen LogP contribution in [-0.4, -0.2) is 22.5 Å². The number of nitrogens with one attached hydrogen (secondary N) is 1. The van der Waals surface area contributed by atoms with E-state index in [1.54, 1.807) is 18.3 Å². The Balaban J connectivity index is 1.71. The zero-order chi connectivity index (χ0) is 14.0. The van der Waals surface area contributed by atoms with Crippen LogP contribution in [-0.2, 0) is 10.3 Å². The minimum absolute atomic E-state index is 0.0143. The average molecular weight is 289 g/mol. The highest BCUT2D eigenvalue weighted by Gasteiger charge is 2.45. The van der Waals surface area contributed by atoms with E-state index in [0.717, 1.165) is 12.8 Å². The Labute approximate surface area is 121 Å². The van der Waals surface area contributed by atoms with Gasteiger partial charge in [-0.3, -0.25) is 0 Å². The lowest BCUT2D eigenvalue weighted by Gasteiger charge is -2.15. The number of anilines is 1. The molecule has 1 N–H and O–H groups in total. The van der Waals surface area contributed by atoms with E-state index in [2.05, 4.69) is 26.7 Å². The van der Waals surface area contributed by atoms with E-state index in [1.807, 2.05) is 6.07 Å². The average Bonchev–Trinajstić information content (AvgIpc) is 3.03. The summed E-state index contributed by atoms with van der Waals surface area (Å²) >= 11 is 1.73. The summed E-state index contributed by atoms with van der Waals surface area (Å²) in [5, 5.41) is 5.44. The number of carbonyl (C=O) groups is 1. The summed E-state index contributed by atoms with van der Waals surface area (Å²) in [5.74, 6) is 0.155. The van der Waals surface area contributed by atoms with Gasteiger partial charge in [-0.05, 0) is 31.2 Å². The summed E-state index contributed by atoms with van der Waals surface area (Å²) in [4.78, 5) is 21.2. The van der Waals surface area contributed by atoms with Crippen molar-refractivity contribution >= 4 is 23.3 Å². The number of thiophene rings is 1. The normalized spacial score (nSPS) is 15.7. The molecule has 1 aliphatic rings. The molecule has 0 aromatic carbocycles. The fraction of sp³-hybridized carbons (Fsp3) is 0.357. The molecule has 6 heteroatoms. The molecular formula is C14H15N3O2S. The van der Waals surface area contributed by atoms with Crippen molar-refractivity contribution in [2.45, 2.75) is 25.3 Å². The lowest BCUT2D eigenvalue weighted by molar-refractivity contribution is 0.0525. The first-order chi connectivity index (χ1) is 9.73. The first-order valence-electron chi connectivity index (χ1n) is 6.55. The molecule has 1 aliphatic carbocycles. The van der Waals surface area contributed by atoms with Crippen molar-refractivity contribution in [1.82, 2.24) is 9.97 Å². The number of hydrogen-bond acceptors (Lipinski definition) is 6. The molecule has 1 fully saturated rings. The summed E-state index contributed by atoms with van der Waals surface area (Å²) in [6, 6.07) is 4.17. The Hall–Kier alpha value is -1.95. The molecule has 0 radical (unpaired) electrons. The van der Waals surface area contributed by atoms with Crippen LogP contribution in [0.5, 0.6) is 0 Å². The van der Waals surface area contributed by atoms with Gasteiger partial charge in [0.05, 0.1) is 17.7 Å². The van der Waals surface area contributed by atoms with Crippen molar-refractivity contribution in [1.29, 1.82) is 0 Å². The highest BCUT2D eigenvalue weighted by Crippen LogP contribution is 2.49. The van der Waals surface area contributed by atoms with Gasteiger partial charge in [0.2, 0.25) is 5.95 Å². The zero-order valence-electron chi connectivity index (χ0n) is 11.1. The molecule has 2 heterocycles. The van der Waals surface area contributed by atoms with Crippen LogP contribution in [0.2, 0.25) is 0 Å². The Morgan fingerprint density at radius 1 is 1.45 bits per heavy atom. The van der Waals surface area contributed by atoms with Gasteiger partial charge in [0, 0.05) is 17.3 Å². The Kier molecular flexibility index (Phi) is 3.40. The molecule has 1 saturated carbocycles. The zero-order valence-corrected chi connectivity index (χ0v) is 11.9. The number of nitrogens with zero attached hydrogens (tertiary/aromatic N) is 2. The standard InChI is InChI=1S/C14H15N3O2S/c1-2-19-12(18)10-8-15-13(16-9-10)17-14(5-6-14)11-4-3-7-20-11/h3-4,7-9H,2,5-6H2,1H3,(H,15,16,17). The van der Waals surface area contributed by atoms with Crippen LogP contribution in [0.25, 0.3) is 0 Å². The van der Waals surface area contributed by atoms with E-state index in [-0.39, 0.29) is 5.54 Å². The maximum absolute atomic E-state index is 11.5. The first-order valence-corrected chi connectivity index (χ1v) is 7.43. The number of rotatable bonds is 5. The molecule has 3 rings (SSSR count). The Bertz CT molecular complexity index is 591. The molecule has 0 amide bonds. The second-order valence-electron chi connectivity index (χ2n) is 4.70. The summed E-state index contributed by atoms with van der Waals surface area (Å²) in [7, 11) is 0. The second kappa shape index (κ2) is 5.20. The van der Waals surface area contributed by atoms with Gasteiger partial charge in [-0.2, -0.15) is 0 Å². The van der Waals surface area contributed by atoms with Crippen LogP contribution in [0.4, 0.5) is 5.95 Å². The number of carbonyl (C=O) groups excluding carboxylic acids is 1. The Morgan fingerprint density at radius 3 is 2.75 bits per heavy atom. The molecule has 0 bridgehead atoms. The predicted molar refractivity (Wildman–Crippen MR) is 76.8 cm³/mol. The minimum atomic E-state index is -0.390. The highest BCUT2D eigenvalue weighted by atomic mass is 32.1. The van der Waals surface area contributed by atoms with Crippen LogP contribution in [0.3, 0.4) is 0 Å². The summed E-state index contributed by atoms with van der Waals surface area (Å²) < 4.78 is 4.90. The summed E-state index contributed by atoms with van der Waals surface area (Å²) in [5.41, 5.74) is 0.359. The van der Waals surface area contributed by atoms with Crippen LogP contribution < -0.4 is 5.32 Å². The fourth-order valence-corrected chi connectivity index (χ4v) is 2.98. The van der Waals surface area contributed by atoms with Crippen molar-refractivity contribution in [2.75, 3.05) is 11.9 Å². The molecule has 2 aromatic rings. The third-order valence-electron chi connectivity index (χ3n) is 3.26. The quantitative estimate of drug-likeness (QED) is 0.857. The van der Waals surface area contributed by atoms with Gasteiger partial charge in [-0.25, -0.2) is 14.8 Å². The minimum Gasteiger partial charge on any atom is -0.462 e. The van der Waals surface area contributed by atoms with Crippen molar-refractivity contribution in [2.24, 2.45) is 0 Å². The third-order valence-corrected chi connectivity index (χ3v) is 4.33. The smallest absolute Gasteiger partial charge is 0.341 e. The maximum atomic E-state index is 11.5. The molecule has 2 aromatic heterocycles. The highest BCUT2D eigenvalue weighted by molar-refractivity contribution is 7.10. The van der Waals surface area contributed by atoms with Gasteiger partial charge in [0.25, 0.3) is 0 Å². The van der Waals surface area contributed by atoms with Gasteiger partial charge in [-0.15, -0.1) is 11.3 Å². The summed E-state index contributed by atoms with van der Waals surface area (Å²) in [6.07, 6.45) is 5.16. The number of esters is 1. The summed E-state index contributed by atoms with van der Waals surface area (Å²) in [6.45, 7) is 2.12. The van der Waals surface area contributed by atoms with Crippen LogP contribution in [0.1, 0.15) is 35.0 Å². The van der Waals surface area contributed by atoms with E-state index in [1.165, 1.54) is 17.3 Å². The predicted octanol–water partition coefficient (Wildman–Crippen LogP) is 2.82. The first kappa shape index (κ1) is 13.1. The van der Waals surface area contributed by atoms with Crippen molar-refractivity contribution < 1.29 is 9.53 Å². The number of hydrogen-bond donors (Lipinski definition) is 1. The molecule has 0 spiro atoms. The van der Waals surface area contributed by atoms with Gasteiger partial charge in [-0.1, -0.05) is 6.07 Å². The van der Waals surface area contributed by atoms with Crippen LogP contribution >= 0.6 is 11.3 Å². The molecule has 5 nitrogen and oxygen atoms in total. The van der Waals surface area contributed by atoms with E-state index >= 15 is 0 Å². The molecule has 104 valence electrons. The fourth-order valence-electron chi connectivity index (χ4n) is 2.04. The van der Waals surface area contributed by atoms with Gasteiger partial charge in [0.15, 0.2) is 0 Å². The van der Waals surface area contributed by atoms with Gasteiger partial charge < -0.3 is 10.1 Å². The lowest BCUT2D eigenvalue weighted by Crippen LogP contribution is -2.19. The van der Waals surface area contributed by atoms with Crippen molar-refractivity contribution in [3.05, 3.63) is 40.3 Å². The maximum Gasteiger partial charge on any atom is 0.341 e. The largest absolute Gasteiger partial charge is 0.462 e. The van der Waals surface area contributed by atoms with E-state index < -0.39 is 5.97 Å². The molecule has 0 unspecified atom stereocenters. The number of aromatic nitrogens is 2. The molecule has 20 heavy (non-hydrogen) atoms. The van der Waals surface area contributed by atoms with Crippen molar-refractivity contribution in [3.63, 3.8) is 0 Å². The Morgan fingerprint density at radius 2 is 2.20 bits per heavy atom.